The van der Waals surface area contributed by atoms with Crippen molar-refractivity contribution in [1.29, 1.82) is 0 Å². The van der Waals surface area contributed by atoms with Gasteiger partial charge in [0.2, 0.25) is 0 Å². The highest BCUT2D eigenvalue weighted by Gasteiger charge is 2.48. The number of ether oxygens (including phenoxy) is 1. The molecule has 0 radical (unpaired) electrons. The van der Waals surface area contributed by atoms with E-state index in [2.05, 4.69) is 4.90 Å². The molecule has 0 unspecified atom stereocenters. The lowest BCUT2D eigenvalue weighted by Crippen LogP contribution is -2.57. The molecule has 0 saturated carbocycles. The number of alkyl halides is 3. The number of amides is 1. The molecule has 1 aromatic heterocycles. The van der Waals surface area contributed by atoms with E-state index in [0.29, 0.717) is 44.7 Å². The van der Waals surface area contributed by atoms with Gasteiger partial charge in [0.1, 0.15) is 5.60 Å². The van der Waals surface area contributed by atoms with Gasteiger partial charge in [-0.25, -0.2) is 4.79 Å². The van der Waals surface area contributed by atoms with E-state index in [-0.39, 0.29) is 11.8 Å². The highest BCUT2D eigenvalue weighted by molar-refractivity contribution is 5.99. The summed E-state index contributed by atoms with van der Waals surface area (Å²) < 4.78 is 45.7. The van der Waals surface area contributed by atoms with Crippen LogP contribution in [-0.2, 0) is 16.8 Å². The normalized spacial score (nSPS) is 20.2. The maximum absolute atomic E-state index is 12.9. The van der Waals surface area contributed by atoms with Crippen molar-refractivity contribution in [2.75, 3.05) is 26.7 Å². The first-order chi connectivity index (χ1) is 12.8. The maximum atomic E-state index is 12.9. The number of fused-ring (bicyclic) bond motifs is 2. The van der Waals surface area contributed by atoms with Gasteiger partial charge >= 0.3 is 12.3 Å². The van der Waals surface area contributed by atoms with Gasteiger partial charge in [-0.3, -0.25) is 9.69 Å². The summed E-state index contributed by atoms with van der Waals surface area (Å²) in [4.78, 5) is 27.9. The molecule has 28 heavy (non-hydrogen) atoms. The first-order valence-electron chi connectivity index (χ1n) is 9.36. The number of likely N-dealkylation sites (N-methyl/N-ethyl adjacent to an activating group) is 1. The molecule has 9 heteroatoms. The number of piperidine rings is 1. The van der Waals surface area contributed by atoms with Crippen molar-refractivity contribution < 1.29 is 27.5 Å². The minimum Gasteiger partial charge on any atom is -0.444 e. The minimum atomic E-state index is -4.90. The number of nitrogens with zero attached hydrogens (tertiary/aromatic N) is 3. The van der Waals surface area contributed by atoms with Crippen molar-refractivity contribution in [3.63, 3.8) is 0 Å². The van der Waals surface area contributed by atoms with Gasteiger partial charge in [-0.1, -0.05) is 0 Å². The Bertz CT molecular complexity index is 772. The standard InChI is InChI=1S/C19H26F3N3O3/c1-17(2,3)28-16(27)24-9-7-18(8-10-24)14-6-5-13(15(26)19(20,21)22)25(14)12-11-23(18)4/h5-6H,7-12H2,1-4H3. The predicted octanol–water partition coefficient (Wildman–Crippen LogP) is 3.40. The molecule has 0 atom stereocenters. The van der Waals surface area contributed by atoms with E-state index in [0.717, 1.165) is 0 Å². The van der Waals surface area contributed by atoms with Gasteiger partial charge in [-0.2, -0.15) is 13.2 Å². The summed E-state index contributed by atoms with van der Waals surface area (Å²) in [6.45, 7) is 7.14. The van der Waals surface area contributed by atoms with Gasteiger partial charge in [-0.15, -0.1) is 0 Å². The number of Topliss-reactive ketones (excluding diaryl/α,β-unsaturated/α-hetero) is 1. The zero-order valence-electron chi connectivity index (χ0n) is 16.6. The molecule has 156 valence electrons. The number of likely N-dealkylation sites (tertiary alicyclic amines) is 1. The summed E-state index contributed by atoms with van der Waals surface area (Å²) in [5.41, 5.74) is -0.696. The second kappa shape index (κ2) is 6.79. The number of hydrogen-bond acceptors (Lipinski definition) is 4. The summed E-state index contributed by atoms with van der Waals surface area (Å²) >= 11 is 0. The second-order valence-corrected chi connectivity index (χ2v) is 8.50. The largest absolute Gasteiger partial charge is 0.456 e. The van der Waals surface area contributed by atoms with Gasteiger partial charge in [0.15, 0.2) is 0 Å². The van der Waals surface area contributed by atoms with Crippen molar-refractivity contribution in [1.82, 2.24) is 14.4 Å². The van der Waals surface area contributed by atoms with Crippen LogP contribution in [0.4, 0.5) is 18.0 Å². The van der Waals surface area contributed by atoms with Crippen molar-refractivity contribution in [2.24, 2.45) is 0 Å². The predicted molar refractivity (Wildman–Crippen MR) is 96.2 cm³/mol. The molecule has 1 spiro atoms. The molecule has 2 aliphatic rings. The molecular weight excluding hydrogens is 375 g/mol. The molecule has 3 rings (SSSR count). The number of carbonyl (C=O) groups is 2. The molecular formula is C19H26F3N3O3. The quantitative estimate of drug-likeness (QED) is 0.677. The monoisotopic (exact) mass is 401 g/mol. The van der Waals surface area contributed by atoms with Crippen LogP contribution in [0, 0.1) is 0 Å². The van der Waals surface area contributed by atoms with Crippen LogP contribution in [0.2, 0.25) is 0 Å². The van der Waals surface area contributed by atoms with Gasteiger partial charge in [0.05, 0.1) is 11.2 Å². The molecule has 3 heterocycles. The number of carbonyl (C=O) groups excluding carboxylic acids is 2. The summed E-state index contributed by atoms with van der Waals surface area (Å²) in [7, 11) is 1.94. The van der Waals surface area contributed by atoms with Crippen LogP contribution in [0.1, 0.15) is 49.8 Å². The summed E-state index contributed by atoms with van der Waals surface area (Å²) in [6.07, 6.45) is -4.16. The second-order valence-electron chi connectivity index (χ2n) is 8.50. The summed E-state index contributed by atoms with van der Waals surface area (Å²) in [5.74, 6) is -1.82. The van der Waals surface area contributed by atoms with Crippen LogP contribution in [0.15, 0.2) is 12.1 Å². The molecule has 2 aliphatic heterocycles. The molecule has 1 aromatic rings. The minimum absolute atomic E-state index is 0.315. The smallest absolute Gasteiger partial charge is 0.444 e. The van der Waals surface area contributed by atoms with Gasteiger partial charge in [-0.05, 0) is 52.8 Å². The Balaban J connectivity index is 1.84. The topological polar surface area (TPSA) is 54.8 Å². The van der Waals surface area contributed by atoms with E-state index in [1.807, 2.05) is 7.05 Å². The number of rotatable bonds is 1. The first-order valence-corrected chi connectivity index (χ1v) is 9.36. The first kappa shape index (κ1) is 20.7. The zero-order chi connectivity index (χ0) is 20.9. The van der Waals surface area contributed by atoms with E-state index in [1.54, 1.807) is 31.7 Å². The molecule has 6 nitrogen and oxygen atoms in total. The maximum Gasteiger partial charge on any atom is 0.456 e. The van der Waals surface area contributed by atoms with Crippen LogP contribution < -0.4 is 0 Å². The number of aromatic nitrogens is 1. The fraction of sp³-hybridized carbons (Fsp3) is 0.684. The molecule has 0 N–H and O–H groups in total. The third-order valence-electron chi connectivity index (χ3n) is 5.58. The molecule has 0 bridgehead atoms. The van der Waals surface area contributed by atoms with Gasteiger partial charge < -0.3 is 14.2 Å². The van der Waals surface area contributed by atoms with Crippen LogP contribution >= 0.6 is 0 Å². The van der Waals surface area contributed by atoms with Gasteiger partial charge in [0, 0.05) is 31.9 Å². The van der Waals surface area contributed by atoms with E-state index in [1.165, 1.54) is 10.6 Å². The average molecular weight is 401 g/mol. The SMILES string of the molecule is CN1CCn2c(C(=O)C(F)(F)F)ccc2C12CCN(C(=O)OC(C)(C)C)CC2. The fourth-order valence-corrected chi connectivity index (χ4v) is 4.14. The Hall–Kier alpha value is -2.03. The summed E-state index contributed by atoms with van der Waals surface area (Å²) in [6, 6.07) is 2.89. The third kappa shape index (κ3) is 3.64. The lowest BCUT2D eigenvalue weighted by atomic mass is 9.81. The van der Waals surface area contributed by atoms with Crippen LogP contribution in [0.3, 0.4) is 0 Å². The van der Waals surface area contributed by atoms with Crippen molar-refractivity contribution in [3.05, 3.63) is 23.5 Å². The Kier molecular flexibility index (Phi) is 5.02. The number of halogens is 3. The number of ketones is 1. The highest BCUT2D eigenvalue weighted by atomic mass is 19.4. The van der Waals surface area contributed by atoms with E-state index in [9.17, 15) is 22.8 Å². The Morgan fingerprint density at radius 1 is 1.04 bits per heavy atom. The summed E-state index contributed by atoms with van der Waals surface area (Å²) in [5, 5.41) is 0. The fourth-order valence-electron chi connectivity index (χ4n) is 4.14. The van der Waals surface area contributed by atoms with Crippen LogP contribution in [0.5, 0.6) is 0 Å². The van der Waals surface area contributed by atoms with Crippen LogP contribution in [0.25, 0.3) is 0 Å². The molecule has 1 amide bonds. The molecule has 1 fully saturated rings. The Morgan fingerprint density at radius 3 is 2.18 bits per heavy atom. The molecule has 0 aliphatic carbocycles. The van der Waals surface area contributed by atoms with Crippen LogP contribution in [-0.4, -0.2) is 64.7 Å². The Labute approximate surface area is 162 Å². The average Bonchev–Trinajstić information content (AvgIpc) is 3.00. The lowest BCUT2D eigenvalue weighted by molar-refractivity contribution is -0.0893. The zero-order valence-corrected chi connectivity index (χ0v) is 16.6. The van der Waals surface area contributed by atoms with Crippen molar-refractivity contribution in [2.45, 2.75) is 57.5 Å². The van der Waals surface area contributed by atoms with E-state index < -0.39 is 23.1 Å². The van der Waals surface area contributed by atoms with E-state index >= 15 is 0 Å². The number of hydrogen-bond donors (Lipinski definition) is 0. The third-order valence-corrected chi connectivity index (χ3v) is 5.58. The lowest BCUT2D eigenvalue weighted by Gasteiger charge is -2.50. The van der Waals surface area contributed by atoms with Gasteiger partial charge in [0.25, 0.3) is 5.78 Å². The van der Waals surface area contributed by atoms with Crippen molar-refractivity contribution >= 4 is 11.9 Å². The van der Waals surface area contributed by atoms with Crippen molar-refractivity contribution in [3.8, 4) is 0 Å². The molecule has 0 aromatic carbocycles. The highest BCUT2D eigenvalue weighted by Crippen LogP contribution is 2.42. The van der Waals surface area contributed by atoms with E-state index in [4.69, 9.17) is 4.74 Å². The Morgan fingerprint density at radius 2 is 1.64 bits per heavy atom. The molecule has 1 saturated heterocycles.